The molecular weight excluding hydrogens is 610 g/mol. The van der Waals surface area contributed by atoms with E-state index in [2.05, 4.69) is 17.2 Å². The molecule has 13 heteroatoms. The van der Waals surface area contributed by atoms with Gasteiger partial charge < -0.3 is 35.2 Å². The predicted molar refractivity (Wildman–Crippen MR) is 175 cm³/mol. The van der Waals surface area contributed by atoms with Crippen LogP contribution in [-0.4, -0.2) is 86.3 Å². The minimum atomic E-state index is -1.47. The van der Waals surface area contributed by atoms with Crippen molar-refractivity contribution in [1.82, 2.24) is 20.2 Å². The second-order valence-electron chi connectivity index (χ2n) is 13.3. The maximum Gasteiger partial charge on any atom is 0.330 e. The summed E-state index contributed by atoms with van der Waals surface area (Å²) in [6.07, 6.45) is -0.250. The molecule has 1 aliphatic heterocycles. The van der Waals surface area contributed by atoms with Crippen LogP contribution in [0.15, 0.2) is 42.3 Å². The lowest BCUT2D eigenvalue weighted by Crippen LogP contribution is -2.55. The monoisotopic (exact) mass is 651 g/mol. The first-order valence-electron chi connectivity index (χ1n) is 15.2. The maximum absolute atomic E-state index is 13.7. The van der Waals surface area contributed by atoms with Gasteiger partial charge in [0.05, 0.1) is 24.9 Å². The second kappa shape index (κ2) is 12.5. The Balaban J connectivity index is 1.48. The van der Waals surface area contributed by atoms with Gasteiger partial charge in [0.15, 0.2) is 5.13 Å². The molecule has 4 N–H and O–H groups in total. The average molecular weight is 652 g/mol. The second-order valence-corrected chi connectivity index (χ2v) is 14.1. The number of hydrogen-bond donors (Lipinski definition) is 4. The first-order valence-corrected chi connectivity index (χ1v) is 16.1. The van der Waals surface area contributed by atoms with Gasteiger partial charge in [-0.3, -0.25) is 9.59 Å². The van der Waals surface area contributed by atoms with Gasteiger partial charge in [-0.1, -0.05) is 26.8 Å². The Morgan fingerprint density at radius 3 is 2.54 bits per heavy atom. The number of methoxy groups -OCH3 is 1. The number of hydrogen-bond acceptors (Lipinski definition) is 10. The van der Waals surface area contributed by atoms with Crippen LogP contribution in [0, 0.1) is 11.3 Å². The summed E-state index contributed by atoms with van der Waals surface area (Å²) < 4.78 is 12.0. The number of benzene rings is 1. The number of carbonyl (C=O) groups is 3. The van der Waals surface area contributed by atoms with Gasteiger partial charge >= 0.3 is 5.97 Å². The summed E-state index contributed by atoms with van der Waals surface area (Å²) in [6, 6.07) is 6.34. The molecule has 1 saturated heterocycles. The largest absolute Gasteiger partial charge is 0.497 e. The van der Waals surface area contributed by atoms with Crippen molar-refractivity contribution >= 4 is 45.2 Å². The molecule has 246 valence electrons. The first-order chi connectivity index (χ1) is 21.7. The number of aromatic nitrogens is 2. The van der Waals surface area contributed by atoms with E-state index in [4.69, 9.17) is 19.4 Å². The number of nitrogens with zero attached hydrogens (tertiary/aromatic N) is 3. The third-order valence-corrected chi connectivity index (χ3v) is 9.15. The standard InChI is InChI=1S/C33H41N5O7S/c1-8-18-14-33(18,30(42)43)37-28(40)25-12-20(15-38(25)29(41)27(39)32(4,5)6)45-26-13-23(24-16-46-31(36-24)34-17(2)3)35-22-11-19(44-7)9-10-21(22)26/h8-11,13,16-18,20,25,27,39H,1,12,14-15H2,2-7H3,(H,34,36)(H,37,40)(H,42,43)/t18-,20-,25+,27?,33-/m1/s1. The molecule has 2 aliphatic rings. The Bertz CT molecular complexity index is 1670. The third kappa shape index (κ3) is 6.52. The lowest BCUT2D eigenvalue weighted by molar-refractivity contribution is -0.151. The van der Waals surface area contributed by atoms with Gasteiger partial charge in [-0.25, -0.2) is 14.8 Å². The molecule has 2 amide bonds. The molecule has 0 radical (unpaired) electrons. The number of carboxylic acid groups (broad SMARTS) is 1. The Labute approximate surface area is 271 Å². The van der Waals surface area contributed by atoms with E-state index in [0.29, 0.717) is 33.8 Å². The van der Waals surface area contributed by atoms with E-state index >= 15 is 0 Å². The number of aliphatic hydroxyl groups excluding tert-OH is 1. The molecular formula is C33H41N5O7S. The number of aliphatic hydroxyl groups is 1. The summed E-state index contributed by atoms with van der Waals surface area (Å²) in [5, 5.41) is 30.1. The topological polar surface area (TPSA) is 163 Å². The molecule has 12 nitrogen and oxygen atoms in total. The van der Waals surface area contributed by atoms with Crippen molar-refractivity contribution in [3.8, 4) is 22.9 Å². The number of pyridine rings is 1. The fraction of sp³-hybridized carbons (Fsp3) is 0.485. The molecule has 0 bridgehead atoms. The Morgan fingerprint density at radius 1 is 1.20 bits per heavy atom. The number of carbonyl (C=O) groups excluding carboxylic acids is 2. The maximum atomic E-state index is 13.7. The number of amides is 2. The number of aliphatic carboxylic acids is 1. The number of anilines is 1. The zero-order valence-corrected chi connectivity index (χ0v) is 27.7. The quantitative estimate of drug-likeness (QED) is 0.222. The SMILES string of the molecule is C=C[C@@H]1C[C@]1(NC(=O)[C@@H]1C[C@@H](Oc2cc(-c3csc(NC(C)C)n3)nc3cc(OC)ccc23)CN1C(=O)C(O)C(C)(C)C)C(=O)O. The normalized spacial score (nSPS) is 23.2. The van der Waals surface area contributed by atoms with E-state index in [1.807, 2.05) is 25.3 Å². The molecule has 1 aliphatic carbocycles. The lowest BCUT2D eigenvalue weighted by atomic mass is 9.88. The predicted octanol–water partition coefficient (Wildman–Crippen LogP) is 4.09. The van der Waals surface area contributed by atoms with Gasteiger partial charge in [0.1, 0.15) is 41.0 Å². The summed E-state index contributed by atoms with van der Waals surface area (Å²) in [5.74, 6) is -1.75. The molecule has 5 atom stereocenters. The number of thiazole rings is 1. The highest BCUT2D eigenvalue weighted by atomic mass is 32.1. The molecule has 1 aromatic carbocycles. The zero-order valence-electron chi connectivity index (χ0n) is 26.9. The number of carboxylic acids is 1. The number of rotatable bonds is 11. The Morgan fingerprint density at radius 2 is 1.93 bits per heavy atom. The number of ether oxygens (including phenoxy) is 2. The van der Waals surface area contributed by atoms with Gasteiger partial charge in [0.25, 0.3) is 5.91 Å². The van der Waals surface area contributed by atoms with E-state index in [1.165, 1.54) is 22.3 Å². The number of likely N-dealkylation sites (tertiary alicyclic amines) is 1. The summed E-state index contributed by atoms with van der Waals surface area (Å²) >= 11 is 1.46. The highest BCUT2D eigenvalue weighted by molar-refractivity contribution is 7.14. The smallest absolute Gasteiger partial charge is 0.330 e. The van der Waals surface area contributed by atoms with Crippen molar-refractivity contribution in [2.45, 2.75) is 77.3 Å². The molecule has 3 heterocycles. The fourth-order valence-electron chi connectivity index (χ4n) is 5.64. The van der Waals surface area contributed by atoms with E-state index in [-0.39, 0.29) is 25.4 Å². The summed E-state index contributed by atoms with van der Waals surface area (Å²) in [6.45, 7) is 12.9. The van der Waals surface area contributed by atoms with Crippen LogP contribution in [0.2, 0.25) is 0 Å². The molecule has 0 spiro atoms. The molecule has 1 unspecified atom stereocenters. The van der Waals surface area contributed by atoms with Crippen LogP contribution in [0.25, 0.3) is 22.3 Å². The highest BCUT2D eigenvalue weighted by Gasteiger charge is 2.61. The van der Waals surface area contributed by atoms with Gasteiger partial charge in [-0.05, 0) is 37.8 Å². The summed E-state index contributed by atoms with van der Waals surface area (Å²) in [7, 11) is 1.57. The Hall–Kier alpha value is -4.23. The van der Waals surface area contributed by atoms with Crippen molar-refractivity contribution in [2.75, 3.05) is 19.0 Å². The van der Waals surface area contributed by atoms with Crippen molar-refractivity contribution in [1.29, 1.82) is 0 Å². The van der Waals surface area contributed by atoms with Crippen LogP contribution >= 0.6 is 11.3 Å². The van der Waals surface area contributed by atoms with E-state index in [9.17, 15) is 24.6 Å². The van der Waals surface area contributed by atoms with E-state index < -0.39 is 52.9 Å². The third-order valence-electron chi connectivity index (χ3n) is 8.38. The van der Waals surface area contributed by atoms with E-state index in [0.717, 1.165) is 5.13 Å². The number of fused-ring (bicyclic) bond motifs is 1. The summed E-state index contributed by atoms with van der Waals surface area (Å²) in [5.41, 5.74) is -0.442. The molecule has 2 aromatic heterocycles. The summed E-state index contributed by atoms with van der Waals surface area (Å²) in [4.78, 5) is 50.2. The highest BCUT2D eigenvalue weighted by Crippen LogP contribution is 2.45. The van der Waals surface area contributed by atoms with Crippen LogP contribution in [0.4, 0.5) is 5.13 Å². The van der Waals surface area contributed by atoms with Crippen molar-refractivity contribution in [3.05, 3.63) is 42.3 Å². The van der Waals surface area contributed by atoms with Crippen LogP contribution < -0.4 is 20.1 Å². The van der Waals surface area contributed by atoms with Crippen LogP contribution in [0.1, 0.15) is 47.5 Å². The van der Waals surface area contributed by atoms with Crippen LogP contribution in [0.5, 0.6) is 11.5 Å². The molecule has 1 saturated carbocycles. The van der Waals surface area contributed by atoms with E-state index in [1.54, 1.807) is 46.1 Å². The van der Waals surface area contributed by atoms with Crippen LogP contribution in [-0.2, 0) is 14.4 Å². The van der Waals surface area contributed by atoms with Crippen molar-refractivity contribution in [2.24, 2.45) is 11.3 Å². The first kappa shape index (κ1) is 33.1. The molecule has 46 heavy (non-hydrogen) atoms. The van der Waals surface area contributed by atoms with Gasteiger partial charge in [-0.15, -0.1) is 17.9 Å². The fourth-order valence-corrected chi connectivity index (χ4v) is 6.49. The average Bonchev–Trinajstić information content (AvgIpc) is 3.29. The van der Waals surface area contributed by atoms with Crippen molar-refractivity contribution < 1.29 is 34.1 Å². The van der Waals surface area contributed by atoms with Gasteiger partial charge in [-0.2, -0.15) is 0 Å². The minimum absolute atomic E-state index is 0.00345. The van der Waals surface area contributed by atoms with Gasteiger partial charge in [0.2, 0.25) is 5.91 Å². The molecule has 2 fully saturated rings. The minimum Gasteiger partial charge on any atom is -0.497 e. The zero-order chi connectivity index (χ0) is 33.6. The number of nitrogens with one attached hydrogen (secondary N) is 2. The molecule has 3 aromatic rings. The Kier molecular flexibility index (Phi) is 9.02. The van der Waals surface area contributed by atoms with Gasteiger partial charge in [0, 0.05) is 41.3 Å². The molecule has 5 rings (SSSR count). The van der Waals surface area contributed by atoms with Crippen LogP contribution in [0.3, 0.4) is 0 Å². The van der Waals surface area contributed by atoms with Crippen molar-refractivity contribution in [3.63, 3.8) is 0 Å². The lowest BCUT2D eigenvalue weighted by Gasteiger charge is -2.32.